The number of benzene rings is 1. The van der Waals surface area contributed by atoms with E-state index in [1.165, 1.54) is 6.42 Å². The van der Waals surface area contributed by atoms with Crippen LogP contribution in [0.15, 0.2) is 18.2 Å². The molecule has 0 radical (unpaired) electrons. The second-order valence-electron chi connectivity index (χ2n) is 8.27. The maximum atomic E-state index is 13.0. The standard InChI is InChI=1S/C21H26N4O4/c1-24(2)16-6-4-3-5-15(16)22-12-7-8-13-14(11-12)21(29)25(20(13)28)17-9-10-18(26)23-19(17)27/h7-8,11,15-17,22H,3-6,9-10H2,1-2H3,(H,23,26,27)/t15-,16-,17?/m1/s1. The third-order valence-corrected chi connectivity index (χ3v) is 6.18. The number of amides is 4. The summed E-state index contributed by atoms with van der Waals surface area (Å²) in [6.07, 6.45) is 4.82. The number of fused-ring (bicyclic) bond motifs is 1. The molecule has 1 aromatic rings. The summed E-state index contributed by atoms with van der Waals surface area (Å²) in [4.78, 5) is 52.5. The number of imide groups is 2. The van der Waals surface area contributed by atoms with Crippen LogP contribution in [0.5, 0.6) is 0 Å². The van der Waals surface area contributed by atoms with Crippen LogP contribution in [0.4, 0.5) is 5.69 Å². The molecule has 0 spiro atoms. The molecule has 4 amide bonds. The summed E-state index contributed by atoms with van der Waals surface area (Å²) in [7, 11) is 4.15. The van der Waals surface area contributed by atoms with E-state index in [0.29, 0.717) is 17.2 Å². The first-order valence-corrected chi connectivity index (χ1v) is 10.2. The van der Waals surface area contributed by atoms with Gasteiger partial charge in [0.15, 0.2) is 0 Å². The van der Waals surface area contributed by atoms with Gasteiger partial charge in [0.1, 0.15) is 6.04 Å². The van der Waals surface area contributed by atoms with Gasteiger partial charge in [0.2, 0.25) is 11.8 Å². The number of hydrogen-bond donors (Lipinski definition) is 2. The number of likely N-dealkylation sites (N-methyl/N-ethyl adjacent to an activating group) is 1. The molecule has 29 heavy (non-hydrogen) atoms. The van der Waals surface area contributed by atoms with Crippen LogP contribution in [-0.2, 0) is 9.59 Å². The Morgan fingerprint density at radius 2 is 1.72 bits per heavy atom. The molecule has 2 N–H and O–H groups in total. The Bertz CT molecular complexity index is 881. The van der Waals surface area contributed by atoms with Gasteiger partial charge in [-0.1, -0.05) is 12.8 Å². The number of hydrogen-bond acceptors (Lipinski definition) is 6. The average molecular weight is 398 g/mol. The van der Waals surface area contributed by atoms with Crippen LogP contribution >= 0.6 is 0 Å². The minimum absolute atomic E-state index is 0.115. The van der Waals surface area contributed by atoms with Gasteiger partial charge < -0.3 is 10.2 Å². The van der Waals surface area contributed by atoms with Crippen LogP contribution < -0.4 is 10.6 Å². The molecule has 8 heteroatoms. The quantitative estimate of drug-likeness (QED) is 0.744. The number of carbonyl (C=O) groups is 4. The highest BCUT2D eigenvalue weighted by molar-refractivity contribution is 6.23. The maximum absolute atomic E-state index is 13.0. The molecule has 1 saturated heterocycles. The first kappa shape index (κ1) is 19.6. The fourth-order valence-corrected chi connectivity index (χ4v) is 4.67. The van der Waals surface area contributed by atoms with E-state index in [9.17, 15) is 19.2 Å². The van der Waals surface area contributed by atoms with Crippen molar-refractivity contribution in [2.45, 2.75) is 56.7 Å². The highest BCUT2D eigenvalue weighted by Gasteiger charge is 2.44. The van der Waals surface area contributed by atoms with E-state index in [2.05, 4.69) is 29.6 Å². The zero-order valence-corrected chi connectivity index (χ0v) is 16.7. The molecule has 154 valence electrons. The Morgan fingerprint density at radius 3 is 2.45 bits per heavy atom. The van der Waals surface area contributed by atoms with Crippen molar-refractivity contribution < 1.29 is 19.2 Å². The minimum atomic E-state index is -0.937. The summed E-state index contributed by atoms with van der Waals surface area (Å²) in [5, 5.41) is 5.75. The lowest BCUT2D eigenvalue weighted by atomic mass is 9.89. The fraction of sp³-hybridized carbons (Fsp3) is 0.524. The summed E-state index contributed by atoms with van der Waals surface area (Å²) in [6.45, 7) is 0. The van der Waals surface area contributed by atoms with Crippen LogP contribution in [0.3, 0.4) is 0 Å². The van der Waals surface area contributed by atoms with E-state index in [1.54, 1.807) is 12.1 Å². The normalized spacial score (nSPS) is 27.3. The molecule has 4 rings (SSSR count). The van der Waals surface area contributed by atoms with Crippen molar-refractivity contribution in [1.82, 2.24) is 15.1 Å². The van der Waals surface area contributed by atoms with Crippen LogP contribution in [0, 0.1) is 0 Å². The molecule has 3 aliphatic rings. The molecule has 0 aromatic heterocycles. The van der Waals surface area contributed by atoms with Crippen molar-refractivity contribution in [2.75, 3.05) is 19.4 Å². The Hall–Kier alpha value is -2.74. The van der Waals surface area contributed by atoms with Crippen molar-refractivity contribution >= 4 is 29.3 Å². The van der Waals surface area contributed by atoms with Crippen LogP contribution in [0.1, 0.15) is 59.2 Å². The van der Waals surface area contributed by atoms with Crippen molar-refractivity contribution in [2.24, 2.45) is 0 Å². The molecule has 1 unspecified atom stereocenters. The van der Waals surface area contributed by atoms with Gasteiger partial charge >= 0.3 is 0 Å². The number of piperidine rings is 1. The van der Waals surface area contributed by atoms with Gasteiger partial charge in [0.05, 0.1) is 11.1 Å². The number of carbonyl (C=O) groups excluding carboxylic acids is 4. The van der Waals surface area contributed by atoms with Crippen molar-refractivity contribution in [3.05, 3.63) is 29.3 Å². The molecule has 0 bridgehead atoms. The Morgan fingerprint density at radius 1 is 1.00 bits per heavy atom. The van der Waals surface area contributed by atoms with E-state index >= 15 is 0 Å². The Kier molecular flexibility index (Phi) is 5.12. The molecule has 2 heterocycles. The summed E-state index contributed by atoms with van der Waals surface area (Å²) >= 11 is 0. The fourth-order valence-electron chi connectivity index (χ4n) is 4.67. The lowest BCUT2D eigenvalue weighted by Crippen LogP contribution is -2.54. The summed E-state index contributed by atoms with van der Waals surface area (Å²) in [5.41, 5.74) is 1.41. The smallest absolute Gasteiger partial charge is 0.262 e. The summed E-state index contributed by atoms with van der Waals surface area (Å²) in [5.74, 6) is -1.92. The van der Waals surface area contributed by atoms with Gasteiger partial charge in [0.25, 0.3) is 11.8 Å². The zero-order valence-electron chi connectivity index (χ0n) is 16.7. The largest absolute Gasteiger partial charge is 0.381 e. The molecular weight excluding hydrogens is 372 g/mol. The van der Waals surface area contributed by atoms with Crippen molar-refractivity contribution in [3.8, 4) is 0 Å². The molecule has 2 aliphatic heterocycles. The number of rotatable bonds is 4. The van der Waals surface area contributed by atoms with E-state index in [4.69, 9.17) is 0 Å². The lowest BCUT2D eigenvalue weighted by molar-refractivity contribution is -0.136. The van der Waals surface area contributed by atoms with Gasteiger partial charge in [0, 0.05) is 24.2 Å². The lowest BCUT2D eigenvalue weighted by Gasteiger charge is -2.37. The maximum Gasteiger partial charge on any atom is 0.262 e. The van der Waals surface area contributed by atoms with Crippen LogP contribution in [0.2, 0.25) is 0 Å². The molecule has 1 aromatic carbocycles. The van der Waals surface area contributed by atoms with Crippen molar-refractivity contribution in [1.29, 1.82) is 0 Å². The zero-order chi connectivity index (χ0) is 20.7. The third-order valence-electron chi connectivity index (χ3n) is 6.18. The first-order valence-electron chi connectivity index (χ1n) is 10.2. The Labute approximate surface area is 169 Å². The van der Waals surface area contributed by atoms with Crippen LogP contribution in [0.25, 0.3) is 0 Å². The van der Waals surface area contributed by atoms with E-state index in [-0.39, 0.29) is 24.8 Å². The van der Waals surface area contributed by atoms with Gasteiger partial charge in [-0.15, -0.1) is 0 Å². The van der Waals surface area contributed by atoms with Gasteiger partial charge in [-0.3, -0.25) is 29.4 Å². The van der Waals surface area contributed by atoms with Crippen LogP contribution in [-0.4, -0.2) is 65.6 Å². The molecule has 2 fully saturated rings. The highest BCUT2D eigenvalue weighted by Crippen LogP contribution is 2.31. The summed E-state index contributed by atoms with van der Waals surface area (Å²) in [6, 6.07) is 4.93. The van der Waals surface area contributed by atoms with Gasteiger partial charge in [-0.2, -0.15) is 0 Å². The van der Waals surface area contributed by atoms with Crippen molar-refractivity contribution in [3.63, 3.8) is 0 Å². The predicted molar refractivity (Wildman–Crippen MR) is 106 cm³/mol. The topological polar surface area (TPSA) is 98.8 Å². The molecule has 3 atom stereocenters. The first-order chi connectivity index (χ1) is 13.9. The molecule has 1 aliphatic carbocycles. The molecule has 1 saturated carbocycles. The SMILES string of the molecule is CN(C)[C@@H]1CCCC[C@H]1Nc1ccc2c(c1)C(=O)N(C1CCC(=O)NC1=O)C2=O. The highest BCUT2D eigenvalue weighted by atomic mass is 16.2. The number of anilines is 1. The molecule has 8 nitrogen and oxygen atoms in total. The van der Waals surface area contributed by atoms with Gasteiger partial charge in [-0.25, -0.2) is 0 Å². The second-order valence-corrected chi connectivity index (χ2v) is 8.27. The third kappa shape index (κ3) is 3.53. The number of nitrogens with one attached hydrogen (secondary N) is 2. The van der Waals surface area contributed by atoms with E-state index in [0.717, 1.165) is 29.8 Å². The monoisotopic (exact) mass is 398 g/mol. The average Bonchev–Trinajstić information content (AvgIpc) is 2.93. The second kappa shape index (κ2) is 7.59. The van der Waals surface area contributed by atoms with E-state index in [1.807, 2.05) is 6.07 Å². The molecular formula is C21H26N4O4. The Balaban J connectivity index is 1.55. The van der Waals surface area contributed by atoms with E-state index < -0.39 is 23.8 Å². The summed E-state index contributed by atoms with van der Waals surface area (Å²) < 4.78 is 0. The minimum Gasteiger partial charge on any atom is -0.381 e. The predicted octanol–water partition coefficient (Wildman–Crippen LogP) is 1.37. The van der Waals surface area contributed by atoms with Gasteiger partial charge in [-0.05, 0) is 51.6 Å². The number of nitrogens with zero attached hydrogens (tertiary/aromatic N) is 2.